The molecule has 1 fully saturated rings. The van der Waals surface area contributed by atoms with Gasteiger partial charge in [-0.15, -0.1) is 0 Å². The van der Waals surface area contributed by atoms with Gasteiger partial charge in [-0.2, -0.15) is 0 Å². The fraction of sp³-hybridized carbons (Fsp3) is 1.00. The lowest BCUT2D eigenvalue weighted by Crippen LogP contribution is -2.58. The maximum absolute atomic E-state index is 5.99. The quantitative estimate of drug-likeness (QED) is 0.527. The minimum absolute atomic E-state index is 0.113. The highest BCUT2D eigenvalue weighted by Crippen LogP contribution is 2.28. The van der Waals surface area contributed by atoms with Crippen molar-refractivity contribution in [3.05, 3.63) is 0 Å². The summed E-state index contributed by atoms with van der Waals surface area (Å²) in [5, 5.41) is 0. The zero-order chi connectivity index (χ0) is 7.78. The van der Waals surface area contributed by atoms with Crippen LogP contribution in [0.3, 0.4) is 0 Å². The lowest BCUT2D eigenvalue weighted by molar-refractivity contribution is 0.211. The van der Waals surface area contributed by atoms with Gasteiger partial charge in [0, 0.05) is 11.6 Å². The van der Waals surface area contributed by atoms with Crippen molar-refractivity contribution in [3.8, 4) is 0 Å². The Morgan fingerprint density at radius 2 is 2.10 bits per heavy atom. The van der Waals surface area contributed by atoms with Gasteiger partial charge in [0.2, 0.25) is 0 Å². The van der Waals surface area contributed by atoms with Crippen LogP contribution in [0.15, 0.2) is 0 Å². The molecule has 0 heterocycles. The Labute approximate surface area is 63.0 Å². The van der Waals surface area contributed by atoms with Crippen LogP contribution in [-0.4, -0.2) is 11.6 Å². The Hall–Kier alpha value is -0.0800. The van der Waals surface area contributed by atoms with Gasteiger partial charge in [0.05, 0.1) is 0 Å². The Balaban J connectivity index is 2.60. The molecule has 0 bridgehead atoms. The molecule has 0 amide bonds. The summed E-state index contributed by atoms with van der Waals surface area (Å²) in [7, 11) is 0. The first-order chi connectivity index (χ1) is 4.54. The molecule has 2 heteroatoms. The van der Waals surface area contributed by atoms with Gasteiger partial charge in [-0.25, -0.2) is 0 Å². The Bertz CT molecular complexity index is 120. The van der Waals surface area contributed by atoms with E-state index in [-0.39, 0.29) is 11.6 Å². The van der Waals surface area contributed by atoms with E-state index >= 15 is 0 Å². The van der Waals surface area contributed by atoms with Crippen molar-refractivity contribution < 1.29 is 0 Å². The number of hydrogen-bond acceptors (Lipinski definition) is 2. The second-order valence-electron chi connectivity index (χ2n) is 3.90. The summed E-state index contributed by atoms with van der Waals surface area (Å²) in [4.78, 5) is 0. The molecule has 0 aromatic carbocycles. The maximum Gasteiger partial charge on any atom is 0.0281 e. The van der Waals surface area contributed by atoms with E-state index in [1.54, 1.807) is 0 Å². The minimum Gasteiger partial charge on any atom is -0.326 e. The van der Waals surface area contributed by atoms with Crippen LogP contribution >= 0.6 is 0 Å². The van der Waals surface area contributed by atoms with Gasteiger partial charge in [-0.05, 0) is 25.7 Å². The molecular formula is C8H18N2. The van der Waals surface area contributed by atoms with E-state index in [0.717, 1.165) is 6.42 Å². The second kappa shape index (κ2) is 2.51. The summed E-state index contributed by atoms with van der Waals surface area (Å²) in [6.45, 7) is 4.25. The number of hydrogen-bond donors (Lipinski definition) is 2. The van der Waals surface area contributed by atoms with E-state index in [2.05, 4.69) is 13.8 Å². The van der Waals surface area contributed by atoms with Crippen molar-refractivity contribution in [2.75, 3.05) is 0 Å². The molecular weight excluding hydrogens is 124 g/mol. The molecule has 0 aliphatic heterocycles. The molecule has 1 aliphatic carbocycles. The van der Waals surface area contributed by atoms with Crippen LogP contribution in [0, 0.1) is 5.92 Å². The molecule has 0 aromatic heterocycles. The fourth-order valence-corrected chi connectivity index (χ4v) is 1.80. The van der Waals surface area contributed by atoms with Crippen molar-refractivity contribution >= 4 is 0 Å². The first-order valence-corrected chi connectivity index (χ1v) is 4.08. The molecule has 0 spiro atoms. The molecule has 0 saturated heterocycles. The SMILES string of the molecule is CC1CCCC(C)(N)C1N. The van der Waals surface area contributed by atoms with Crippen molar-refractivity contribution in [2.24, 2.45) is 17.4 Å². The third-order valence-corrected chi connectivity index (χ3v) is 2.75. The zero-order valence-electron chi connectivity index (χ0n) is 6.93. The lowest BCUT2D eigenvalue weighted by atomic mass is 9.74. The topological polar surface area (TPSA) is 52.0 Å². The molecule has 1 saturated carbocycles. The molecule has 1 rings (SSSR count). The Morgan fingerprint density at radius 1 is 1.50 bits per heavy atom. The molecule has 10 heavy (non-hydrogen) atoms. The molecule has 0 radical (unpaired) electrons. The molecule has 3 unspecified atom stereocenters. The molecule has 1 aliphatic rings. The van der Waals surface area contributed by atoms with Crippen molar-refractivity contribution in [1.82, 2.24) is 0 Å². The highest BCUT2D eigenvalue weighted by atomic mass is 14.9. The molecule has 2 nitrogen and oxygen atoms in total. The molecule has 4 N–H and O–H groups in total. The highest BCUT2D eigenvalue weighted by molar-refractivity contribution is 4.96. The number of rotatable bonds is 0. The van der Waals surface area contributed by atoms with E-state index in [4.69, 9.17) is 11.5 Å². The third-order valence-electron chi connectivity index (χ3n) is 2.75. The van der Waals surface area contributed by atoms with Crippen LogP contribution in [-0.2, 0) is 0 Å². The predicted molar refractivity (Wildman–Crippen MR) is 43.6 cm³/mol. The van der Waals surface area contributed by atoms with E-state index in [9.17, 15) is 0 Å². The van der Waals surface area contributed by atoms with Gasteiger partial charge >= 0.3 is 0 Å². The summed E-state index contributed by atoms with van der Waals surface area (Å²) in [5.74, 6) is 0.601. The fourth-order valence-electron chi connectivity index (χ4n) is 1.80. The highest BCUT2D eigenvalue weighted by Gasteiger charge is 2.34. The van der Waals surface area contributed by atoms with Crippen LogP contribution in [0.2, 0.25) is 0 Å². The smallest absolute Gasteiger partial charge is 0.0281 e. The van der Waals surface area contributed by atoms with Gasteiger partial charge in [0.15, 0.2) is 0 Å². The normalized spacial score (nSPS) is 49.2. The standard InChI is InChI=1S/C8H18N2/c1-6-4-3-5-8(2,10)7(6)9/h6-7H,3-5,9-10H2,1-2H3. The second-order valence-corrected chi connectivity index (χ2v) is 3.90. The van der Waals surface area contributed by atoms with Crippen LogP contribution in [0.25, 0.3) is 0 Å². The van der Waals surface area contributed by atoms with Crippen molar-refractivity contribution in [1.29, 1.82) is 0 Å². The van der Waals surface area contributed by atoms with E-state index < -0.39 is 0 Å². The van der Waals surface area contributed by atoms with Crippen LogP contribution in [0.1, 0.15) is 33.1 Å². The van der Waals surface area contributed by atoms with E-state index in [1.807, 2.05) is 0 Å². The summed E-state index contributed by atoms with van der Waals surface area (Å²) in [6.07, 6.45) is 3.56. The van der Waals surface area contributed by atoms with Crippen LogP contribution in [0.4, 0.5) is 0 Å². The largest absolute Gasteiger partial charge is 0.326 e. The first-order valence-electron chi connectivity index (χ1n) is 4.08. The lowest BCUT2D eigenvalue weighted by Gasteiger charge is -2.40. The minimum atomic E-state index is -0.113. The van der Waals surface area contributed by atoms with Crippen molar-refractivity contribution in [3.63, 3.8) is 0 Å². The Morgan fingerprint density at radius 3 is 2.50 bits per heavy atom. The molecule has 60 valence electrons. The maximum atomic E-state index is 5.99. The van der Waals surface area contributed by atoms with E-state index in [1.165, 1.54) is 12.8 Å². The first kappa shape index (κ1) is 8.02. The van der Waals surface area contributed by atoms with Crippen molar-refractivity contribution in [2.45, 2.75) is 44.7 Å². The van der Waals surface area contributed by atoms with Gasteiger partial charge in [0.1, 0.15) is 0 Å². The van der Waals surface area contributed by atoms with Gasteiger partial charge in [-0.3, -0.25) is 0 Å². The van der Waals surface area contributed by atoms with Gasteiger partial charge in [0.25, 0.3) is 0 Å². The summed E-state index contributed by atoms with van der Waals surface area (Å²) in [6, 6.07) is 0.196. The van der Waals surface area contributed by atoms with Crippen LogP contribution in [0.5, 0.6) is 0 Å². The molecule has 3 atom stereocenters. The average molecular weight is 142 g/mol. The van der Waals surface area contributed by atoms with E-state index in [0.29, 0.717) is 5.92 Å². The van der Waals surface area contributed by atoms with Gasteiger partial charge in [-0.1, -0.05) is 13.3 Å². The average Bonchev–Trinajstić information content (AvgIpc) is 1.83. The Kier molecular flexibility index (Phi) is 2.02. The van der Waals surface area contributed by atoms with Crippen LogP contribution < -0.4 is 11.5 Å². The summed E-state index contributed by atoms with van der Waals surface area (Å²) >= 11 is 0. The zero-order valence-corrected chi connectivity index (χ0v) is 6.93. The van der Waals surface area contributed by atoms with Gasteiger partial charge < -0.3 is 11.5 Å². The third kappa shape index (κ3) is 1.32. The summed E-state index contributed by atoms with van der Waals surface area (Å²) < 4.78 is 0. The summed E-state index contributed by atoms with van der Waals surface area (Å²) in [5.41, 5.74) is 11.8. The predicted octanol–water partition coefficient (Wildman–Crippen LogP) is 0.851. The molecule has 0 aromatic rings. The monoisotopic (exact) mass is 142 g/mol. The number of nitrogens with two attached hydrogens (primary N) is 2.